The molecule has 0 saturated carbocycles. The number of methoxy groups -OCH3 is 1. The minimum atomic E-state index is -0.749. The molecule has 1 atom stereocenters. The number of carbonyl (C=O) groups excluding carboxylic acids is 1. The van der Waals surface area contributed by atoms with Gasteiger partial charge in [0.1, 0.15) is 5.75 Å². The summed E-state index contributed by atoms with van der Waals surface area (Å²) < 4.78 is 6.56. The first-order chi connectivity index (χ1) is 15.3. The number of nitro groups is 1. The Morgan fingerprint density at radius 1 is 1.28 bits per heavy atom. The van der Waals surface area contributed by atoms with Gasteiger partial charge >= 0.3 is 5.97 Å². The molecular weight excluding hydrogens is 434 g/mol. The summed E-state index contributed by atoms with van der Waals surface area (Å²) in [4.78, 5) is 41.3. The van der Waals surface area contributed by atoms with E-state index in [1.54, 1.807) is 31.2 Å². The zero-order valence-corrected chi connectivity index (χ0v) is 17.8. The van der Waals surface area contributed by atoms with Crippen LogP contribution in [0.1, 0.15) is 24.1 Å². The van der Waals surface area contributed by atoms with Gasteiger partial charge in [0.05, 0.1) is 33.9 Å². The Hall–Kier alpha value is -4.05. The molecule has 3 aromatic rings. The number of nitro benzene ring substituents is 1. The van der Waals surface area contributed by atoms with Crippen LogP contribution in [0.2, 0.25) is 0 Å². The molecule has 0 fully saturated rings. The summed E-state index contributed by atoms with van der Waals surface area (Å²) in [6.07, 6.45) is 1.38. The van der Waals surface area contributed by atoms with E-state index >= 15 is 0 Å². The minimum Gasteiger partial charge on any atom is -0.507 e. The molecule has 0 amide bonds. The fourth-order valence-corrected chi connectivity index (χ4v) is 4.59. The van der Waals surface area contributed by atoms with Crippen molar-refractivity contribution in [3.8, 4) is 5.75 Å². The van der Waals surface area contributed by atoms with Crippen LogP contribution in [0, 0.1) is 10.1 Å². The number of thiazole rings is 1. The molecule has 32 heavy (non-hydrogen) atoms. The van der Waals surface area contributed by atoms with Crippen molar-refractivity contribution < 1.29 is 19.6 Å². The van der Waals surface area contributed by atoms with Crippen molar-refractivity contribution in [3.05, 3.63) is 101 Å². The predicted molar refractivity (Wildman–Crippen MR) is 117 cm³/mol. The molecule has 0 radical (unpaired) electrons. The third-order valence-corrected chi connectivity index (χ3v) is 6.03. The van der Waals surface area contributed by atoms with E-state index in [2.05, 4.69) is 4.99 Å². The van der Waals surface area contributed by atoms with Crippen LogP contribution >= 0.6 is 11.3 Å². The number of aromatic hydroxyl groups is 1. The van der Waals surface area contributed by atoms with E-state index in [9.17, 15) is 24.8 Å². The smallest absolute Gasteiger partial charge is 0.338 e. The molecule has 1 unspecified atom stereocenters. The maximum atomic E-state index is 13.4. The highest BCUT2D eigenvalue weighted by molar-refractivity contribution is 7.07. The molecule has 1 aliphatic heterocycles. The number of allylic oxidation sites excluding steroid dienone is 1. The number of hydrogen-bond donors (Lipinski definition) is 1. The Kier molecular flexibility index (Phi) is 5.45. The van der Waals surface area contributed by atoms with Gasteiger partial charge in [-0.25, -0.2) is 9.79 Å². The first kappa shape index (κ1) is 21.2. The number of rotatable bonds is 4. The summed E-state index contributed by atoms with van der Waals surface area (Å²) in [6, 6.07) is 11.8. The van der Waals surface area contributed by atoms with Gasteiger partial charge in [0.25, 0.3) is 11.2 Å². The topological polar surface area (TPSA) is 124 Å². The molecule has 4 rings (SSSR count). The maximum Gasteiger partial charge on any atom is 0.338 e. The monoisotopic (exact) mass is 451 g/mol. The van der Waals surface area contributed by atoms with Crippen molar-refractivity contribution in [3.63, 3.8) is 0 Å². The fourth-order valence-electron chi connectivity index (χ4n) is 3.56. The van der Waals surface area contributed by atoms with Gasteiger partial charge < -0.3 is 9.84 Å². The Labute approximate surface area is 185 Å². The van der Waals surface area contributed by atoms with Crippen molar-refractivity contribution >= 4 is 29.1 Å². The van der Waals surface area contributed by atoms with E-state index < -0.39 is 22.5 Å². The summed E-state index contributed by atoms with van der Waals surface area (Å²) in [7, 11) is 1.26. The largest absolute Gasteiger partial charge is 0.507 e. The minimum absolute atomic E-state index is 0.129. The number of ether oxygens (including phenoxy) is 1. The number of aromatic nitrogens is 1. The fraction of sp³-hybridized carbons (Fsp3) is 0.136. The Morgan fingerprint density at radius 3 is 2.66 bits per heavy atom. The zero-order valence-electron chi connectivity index (χ0n) is 17.0. The molecule has 2 aromatic carbocycles. The second-order valence-corrected chi connectivity index (χ2v) is 7.99. The van der Waals surface area contributed by atoms with E-state index in [1.807, 2.05) is 6.07 Å². The van der Waals surface area contributed by atoms with Gasteiger partial charge in [0.15, 0.2) is 4.80 Å². The molecule has 9 nitrogen and oxygen atoms in total. The van der Waals surface area contributed by atoms with Crippen molar-refractivity contribution in [2.24, 2.45) is 4.99 Å². The van der Waals surface area contributed by atoms with Crippen LogP contribution in [0.4, 0.5) is 5.69 Å². The lowest BCUT2D eigenvalue weighted by molar-refractivity contribution is -0.384. The lowest BCUT2D eigenvalue weighted by atomic mass is 9.96. The van der Waals surface area contributed by atoms with Crippen LogP contribution in [0.15, 0.2) is 69.6 Å². The number of esters is 1. The number of hydrogen-bond acceptors (Lipinski definition) is 8. The quantitative estimate of drug-likeness (QED) is 0.368. The summed E-state index contributed by atoms with van der Waals surface area (Å²) >= 11 is 1.06. The van der Waals surface area contributed by atoms with Crippen LogP contribution in [-0.4, -0.2) is 27.7 Å². The standard InChI is InChI=1S/C22H17N3O6S/c1-12-18(21(28)31-2)19(13-6-4-3-5-7-13)24-20(27)17(32-22(24)23-12)11-14-10-15(25(29)30)8-9-16(14)26/h3-11,19,26H,1-2H3/b17-11+. The Bertz CT molecular complexity index is 1450. The first-order valence-electron chi connectivity index (χ1n) is 9.45. The van der Waals surface area contributed by atoms with Crippen molar-refractivity contribution in [2.75, 3.05) is 7.11 Å². The number of benzene rings is 2. The Morgan fingerprint density at radius 2 is 2.00 bits per heavy atom. The van der Waals surface area contributed by atoms with Crippen molar-refractivity contribution in [2.45, 2.75) is 13.0 Å². The molecule has 10 heteroatoms. The number of nitrogens with zero attached hydrogens (tertiary/aromatic N) is 3. The number of carbonyl (C=O) groups is 1. The molecule has 1 aromatic heterocycles. The second-order valence-electron chi connectivity index (χ2n) is 6.98. The second kappa shape index (κ2) is 8.23. The zero-order chi connectivity index (χ0) is 23.0. The molecule has 0 spiro atoms. The third-order valence-electron chi connectivity index (χ3n) is 5.05. The van der Waals surface area contributed by atoms with E-state index in [1.165, 1.54) is 36.0 Å². The Balaban J connectivity index is 1.98. The average molecular weight is 451 g/mol. The van der Waals surface area contributed by atoms with E-state index in [0.717, 1.165) is 11.3 Å². The maximum absolute atomic E-state index is 13.4. The van der Waals surface area contributed by atoms with Gasteiger partial charge in [0.2, 0.25) is 0 Å². The lowest BCUT2D eigenvalue weighted by Gasteiger charge is -2.24. The molecule has 0 aliphatic carbocycles. The van der Waals surface area contributed by atoms with Gasteiger partial charge in [0, 0.05) is 17.7 Å². The van der Waals surface area contributed by atoms with Gasteiger partial charge in [-0.3, -0.25) is 19.5 Å². The molecule has 2 heterocycles. The highest BCUT2D eigenvalue weighted by atomic mass is 32.1. The highest BCUT2D eigenvalue weighted by Gasteiger charge is 2.32. The summed E-state index contributed by atoms with van der Waals surface area (Å²) in [5.74, 6) is -0.793. The van der Waals surface area contributed by atoms with Gasteiger partial charge in [-0.05, 0) is 24.6 Å². The molecule has 0 saturated heterocycles. The summed E-state index contributed by atoms with van der Waals surface area (Å²) in [6.45, 7) is 1.67. The van der Waals surface area contributed by atoms with E-state index in [-0.39, 0.29) is 27.1 Å². The van der Waals surface area contributed by atoms with Crippen molar-refractivity contribution in [1.29, 1.82) is 0 Å². The van der Waals surface area contributed by atoms with Crippen LogP contribution in [0.25, 0.3) is 6.08 Å². The lowest BCUT2D eigenvalue weighted by Crippen LogP contribution is -2.39. The van der Waals surface area contributed by atoms with E-state index in [4.69, 9.17) is 4.74 Å². The first-order valence-corrected chi connectivity index (χ1v) is 10.3. The molecule has 0 bridgehead atoms. The molecule has 1 aliphatic rings. The van der Waals surface area contributed by atoms with Gasteiger partial charge in [-0.15, -0.1) is 0 Å². The normalized spacial score (nSPS) is 15.8. The van der Waals surface area contributed by atoms with Crippen LogP contribution in [0.5, 0.6) is 5.75 Å². The molecule has 1 N–H and O–H groups in total. The number of non-ortho nitro benzene ring substituents is 1. The van der Waals surface area contributed by atoms with Crippen LogP contribution < -0.4 is 14.9 Å². The molecule has 162 valence electrons. The number of fused-ring (bicyclic) bond motifs is 1. The van der Waals surface area contributed by atoms with Crippen LogP contribution in [-0.2, 0) is 9.53 Å². The predicted octanol–water partition coefficient (Wildman–Crippen LogP) is 2.02. The number of phenols is 1. The summed E-state index contributed by atoms with van der Waals surface area (Å²) in [5, 5.41) is 21.2. The SMILES string of the molecule is COC(=O)C1=C(C)N=c2s/c(=C/c3cc([N+](=O)[O-])ccc3O)c(=O)n2C1c1ccccc1. The summed E-state index contributed by atoms with van der Waals surface area (Å²) in [5.41, 5.74) is 0.848. The molecular formula is C22H17N3O6S. The number of phenolic OH excluding ortho intramolecular Hbond substituents is 1. The van der Waals surface area contributed by atoms with Crippen molar-refractivity contribution in [1.82, 2.24) is 4.57 Å². The van der Waals surface area contributed by atoms with Crippen LogP contribution in [0.3, 0.4) is 0 Å². The van der Waals surface area contributed by atoms with Gasteiger partial charge in [-0.2, -0.15) is 0 Å². The third kappa shape index (κ3) is 3.60. The average Bonchev–Trinajstić information content (AvgIpc) is 3.08. The van der Waals surface area contributed by atoms with E-state index in [0.29, 0.717) is 16.1 Å². The highest BCUT2D eigenvalue weighted by Crippen LogP contribution is 2.30. The van der Waals surface area contributed by atoms with Gasteiger partial charge in [-0.1, -0.05) is 41.7 Å².